The molecule has 19 heavy (non-hydrogen) atoms. The maximum atomic E-state index is 6.28. The van der Waals surface area contributed by atoms with Crippen LogP contribution >= 0.6 is 35.0 Å². The fraction of sp³-hybridized carbons (Fsp3) is 0.286. The Bertz CT molecular complexity index is 564. The Hall–Kier alpha value is -0.770. The van der Waals surface area contributed by atoms with Gasteiger partial charge in [0.15, 0.2) is 0 Å². The first kappa shape index (κ1) is 14.6. The molecule has 0 aliphatic heterocycles. The second-order valence-electron chi connectivity index (χ2n) is 4.05. The molecule has 0 unspecified atom stereocenters. The second-order valence-corrected chi connectivity index (χ2v) is 6.04. The lowest BCUT2D eigenvalue weighted by molar-refractivity contribution is 1.04. The first-order valence-corrected chi connectivity index (χ1v) is 7.90. The monoisotopic (exact) mass is 312 g/mol. The summed E-state index contributed by atoms with van der Waals surface area (Å²) in [5, 5.41) is 0.835. The van der Waals surface area contributed by atoms with Crippen LogP contribution < -0.4 is 0 Å². The van der Waals surface area contributed by atoms with Gasteiger partial charge in [-0.05, 0) is 23.8 Å². The van der Waals surface area contributed by atoms with Crippen molar-refractivity contribution in [2.75, 3.05) is 5.75 Å². The van der Waals surface area contributed by atoms with Crippen LogP contribution in [0.3, 0.4) is 0 Å². The van der Waals surface area contributed by atoms with Gasteiger partial charge in [-0.3, -0.25) is 0 Å². The normalized spacial score (nSPS) is 10.7. The lowest BCUT2D eigenvalue weighted by Gasteiger charge is -2.10. The van der Waals surface area contributed by atoms with E-state index in [1.54, 1.807) is 11.8 Å². The highest BCUT2D eigenvalue weighted by Gasteiger charge is 2.15. The zero-order valence-electron chi connectivity index (χ0n) is 10.8. The average molecular weight is 313 g/mol. The highest BCUT2D eigenvalue weighted by molar-refractivity contribution is 7.98. The maximum absolute atomic E-state index is 6.28. The van der Waals surface area contributed by atoms with E-state index in [-0.39, 0.29) is 0 Å². The van der Waals surface area contributed by atoms with Crippen molar-refractivity contribution in [3.63, 3.8) is 0 Å². The molecule has 2 aromatic rings. The number of benzene rings is 1. The predicted octanol–water partition coefficient (Wildman–Crippen LogP) is 5.01. The molecule has 0 aliphatic rings. The minimum Gasteiger partial charge on any atom is -0.220 e. The Morgan fingerprint density at radius 3 is 2.32 bits per heavy atom. The summed E-state index contributed by atoms with van der Waals surface area (Å²) in [5.74, 6) is 2.42. The molecule has 2 rings (SSSR count). The van der Waals surface area contributed by atoms with Crippen molar-refractivity contribution < 1.29 is 0 Å². The number of aryl methyl sites for hydroxylation is 1. The lowest BCUT2D eigenvalue weighted by atomic mass is 10.0. The van der Waals surface area contributed by atoms with Crippen molar-refractivity contribution >= 4 is 35.0 Å². The van der Waals surface area contributed by atoms with E-state index in [1.807, 2.05) is 31.2 Å². The Morgan fingerprint density at radius 1 is 1.11 bits per heavy atom. The van der Waals surface area contributed by atoms with Gasteiger partial charge in [0.2, 0.25) is 0 Å². The highest BCUT2D eigenvalue weighted by atomic mass is 35.5. The summed E-state index contributed by atoms with van der Waals surface area (Å²) >= 11 is 14.3. The molecule has 0 radical (unpaired) electrons. The molecule has 0 fully saturated rings. The Labute approximate surface area is 127 Å². The van der Waals surface area contributed by atoms with E-state index in [0.717, 1.165) is 22.6 Å². The number of nitrogens with zero attached hydrogens (tertiary/aromatic N) is 2. The Morgan fingerprint density at radius 2 is 1.74 bits per heavy atom. The predicted molar refractivity (Wildman–Crippen MR) is 84.1 cm³/mol. The van der Waals surface area contributed by atoms with Gasteiger partial charge < -0.3 is 0 Å². The molecule has 0 saturated carbocycles. The Balaban J connectivity index is 2.45. The largest absolute Gasteiger partial charge is 0.220 e. The molecule has 0 saturated heterocycles. The molecular weight excluding hydrogens is 299 g/mol. The average Bonchev–Trinajstić information content (AvgIpc) is 2.38. The second kappa shape index (κ2) is 6.60. The van der Waals surface area contributed by atoms with Crippen LogP contribution in [0.1, 0.15) is 18.3 Å². The van der Waals surface area contributed by atoms with Gasteiger partial charge in [-0.2, -0.15) is 11.8 Å². The maximum Gasteiger partial charge on any atom is 0.142 e. The fourth-order valence-corrected chi connectivity index (χ4v) is 2.92. The molecule has 5 heteroatoms. The zero-order chi connectivity index (χ0) is 13.8. The minimum atomic E-state index is 0.418. The molecule has 1 aromatic heterocycles. The van der Waals surface area contributed by atoms with Gasteiger partial charge in [-0.1, -0.05) is 54.4 Å². The third-order valence-electron chi connectivity index (χ3n) is 2.72. The summed E-state index contributed by atoms with van der Waals surface area (Å²) in [6, 6.07) is 7.93. The van der Waals surface area contributed by atoms with E-state index < -0.39 is 0 Å². The van der Waals surface area contributed by atoms with E-state index in [0.29, 0.717) is 21.7 Å². The molecule has 0 atom stereocenters. The zero-order valence-corrected chi connectivity index (χ0v) is 13.1. The Kier molecular flexibility index (Phi) is 5.08. The molecule has 0 spiro atoms. The van der Waals surface area contributed by atoms with Crippen LogP contribution in [0, 0.1) is 6.92 Å². The molecule has 1 aromatic carbocycles. The molecule has 100 valence electrons. The van der Waals surface area contributed by atoms with Gasteiger partial charge in [0.05, 0.1) is 11.3 Å². The van der Waals surface area contributed by atoms with Crippen LogP contribution in [0.5, 0.6) is 0 Å². The van der Waals surface area contributed by atoms with Crippen LogP contribution in [0.4, 0.5) is 0 Å². The van der Waals surface area contributed by atoms with E-state index in [2.05, 4.69) is 16.9 Å². The molecule has 0 aliphatic carbocycles. The number of hydrogen-bond donors (Lipinski definition) is 0. The molecule has 2 nitrogen and oxygen atoms in total. The third-order valence-corrected chi connectivity index (χ3v) is 4.13. The van der Waals surface area contributed by atoms with Crippen LogP contribution in [-0.2, 0) is 5.75 Å². The van der Waals surface area contributed by atoms with Crippen LogP contribution in [0.2, 0.25) is 10.3 Å². The van der Waals surface area contributed by atoms with Crippen molar-refractivity contribution in [2.45, 2.75) is 19.6 Å². The van der Waals surface area contributed by atoms with Crippen LogP contribution in [-0.4, -0.2) is 15.7 Å². The minimum absolute atomic E-state index is 0.418. The molecule has 0 amide bonds. The summed E-state index contributed by atoms with van der Waals surface area (Å²) in [7, 11) is 0. The molecular formula is C14H14Cl2N2S. The summed E-state index contributed by atoms with van der Waals surface area (Å²) < 4.78 is 0. The summed E-state index contributed by atoms with van der Waals surface area (Å²) in [6.07, 6.45) is 0. The van der Waals surface area contributed by atoms with Crippen molar-refractivity contribution in [1.82, 2.24) is 9.97 Å². The lowest BCUT2D eigenvalue weighted by Crippen LogP contribution is -1.98. The number of hydrogen-bond acceptors (Lipinski definition) is 3. The van der Waals surface area contributed by atoms with Gasteiger partial charge in [0.1, 0.15) is 16.1 Å². The topological polar surface area (TPSA) is 25.8 Å². The smallest absolute Gasteiger partial charge is 0.142 e. The number of thioether (sulfide) groups is 1. The first-order chi connectivity index (χ1) is 9.13. The summed E-state index contributed by atoms with van der Waals surface area (Å²) in [6.45, 7) is 4.11. The molecule has 1 heterocycles. The first-order valence-electron chi connectivity index (χ1n) is 5.99. The van der Waals surface area contributed by atoms with Gasteiger partial charge in [-0.15, -0.1) is 0 Å². The van der Waals surface area contributed by atoms with E-state index >= 15 is 0 Å². The number of halogens is 2. The van der Waals surface area contributed by atoms with Gasteiger partial charge >= 0.3 is 0 Å². The van der Waals surface area contributed by atoms with Crippen molar-refractivity contribution in [1.29, 1.82) is 0 Å². The van der Waals surface area contributed by atoms with E-state index in [4.69, 9.17) is 23.2 Å². The number of rotatable bonds is 4. The van der Waals surface area contributed by atoms with Gasteiger partial charge in [-0.25, -0.2) is 9.97 Å². The summed E-state index contributed by atoms with van der Waals surface area (Å²) in [4.78, 5) is 8.68. The van der Waals surface area contributed by atoms with E-state index in [9.17, 15) is 0 Å². The fourth-order valence-electron chi connectivity index (χ4n) is 1.78. The van der Waals surface area contributed by atoms with Crippen molar-refractivity contribution in [2.24, 2.45) is 0 Å². The van der Waals surface area contributed by atoms with Gasteiger partial charge in [0, 0.05) is 0 Å². The number of aromatic nitrogens is 2. The SMILES string of the molecule is CCSCc1nc(Cl)c(-c2ccccc2C)c(Cl)n1. The standard InChI is InChI=1S/C14H14Cl2N2S/c1-3-19-8-11-17-13(15)12(14(16)18-11)10-7-5-4-6-9(10)2/h4-7H,3,8H2,1-2H3. The molecule has 0 bridgehead atoms. The quantitative estimate of drug-likeness (QED) is 0.742. The third kappa shape index (κ3) is 3.41. The van der Waals surface area contributed by atoms with Crippen LogP contribution in [0.25, 0.3) is 11.1 Å². The summed E-state index contributed by atoms with van der Waals surface area (Å²) in [5.41, 5.74) is 2.80. The highest BCUT2D eigenvalue weighted by Crippen LogP contribution is 2.34. The van der Waals surface area contributed by atoms with Crippen molar-refractivity contribution in [3.8, 4) is 11.1 Å². The van der Waals surface area contributed by atoms with Crippen molar-refractivity contribution in [3.05, 3.63) is 46.0 Å². The van der Waals surface area contributed by atoms with Gasteiger partial charge in [0.25, 0.3) is 0 Å². The van der Waals surface area contributed by atoms with E-state index in [1.165, 1.54) is 0 Å². The molecule has 0 N–H and O–H groups in total. The van der Waals surface area contributed by atoms with Crippen LogP contribution in [0.15, 0.2) is 24.3 Å².